The van der Waals surface area contributed by atoms with Gasteiger partial charge in [0.15, 0.2) is 5.16 Å². The van der Waals surface area contributed by atoms with Crippen molar-refractivity contribution in [3.05, 3.63) is 87.7 Å². The van der Waals surface area contributed by atoms with Gasteiger partial charge in [-0.2, -0.15) is 5.26 Å². The van der Waals surface area contributed by atoms with Crippen molar-refractivity contribution in [2.75, 3.05) is 5.32 Å². The summed E-state index contributed by atoms with van der Waals surface area (Å²) in [4.78, 5) is 31.8. The molecule has 0 atom stereocenters. The Labute approximate surface area is 176 Å². The van der Waals surface area contributed by atoms with Crippen LogP contribution in [0.25, 0.3) is 6.08 Å². The zero-order valence-electron chi connectivity index (χ0n) is 15.8. The fourth-order valence-electron chi connectivity index (χ4n) is 2.44. The van der Waals surface area contributed by atoms with Crippen LogP contribution in [0.2, 0.25) is 0 Å². The van der Waals surface area contributed by atoms with Crippen molar-refractivity contribution in [2.45, 2.75) is 17.0 Å². The van der Waals surface area contributed by atoms with E-state index in [2.05, 4.69) is 15.3 Å². The third-order valence-corrected chi connectivity index (χ3v) is 4.87. The van der Waals surface area contributed by atoms with Crippen LogP contribution in [-0.2, 0) is 4.79 Å². The summed E-state index contributed by atoms with van der Waals surface area (Å²) in [5.74, 6) is -0.597. The van der Waals surface area contributed by atoms with E-state index in [1.54, 1.807) is 36.7 Å². The van der Waals surface area contributed by atoms with Crippen LogP contribution in [0.3, 0.4) is 0 Å². The minimum absolute atomic E-state index is 0.169. The molecule has 0 aliphatic heterocycles. The summed E-state index contributed by atoms with van der Waals surface area (Å²) in [6, 6.07) is 15.1. The van der Waals surface area contributed by atoms with Crippen LogP contribution in [0, 0.1) is 28.4 Å². The maximum Gasteiger partial charge on any atom is 0.283 e. The topological polar surface area (TPSA) is 122 Å². The molecule has 0 unspecified atom stereocenters. The molecule has 0 bridgehead atoms. The number of nitro groups is 1. The quantitative estimate of drug-likeness (QED) is 0.207. The Morgan fingerprint density at radius 1 is 1.20 bits per heavy atom. The Kier molecular flexibility index (Phi) is 6.52. The zero-order chi connectivity index (χ0) is 21.5. The summed E-state index contributed by atoms with van der Waals surface area (Å²) in [7, 11) is 0. The molecule has 2 aromatic carbocycles. The van der Waals surface area contributed by atoms with E-state index in [1.807, 2.05) is 25.1 Å². The SMILES string of the molecule is Cc1ccc(NC(=O)/C(C#N)=C/c2ccc(Sc3ncccn3)c([N+](=O)[O-])c2)cc1. The first-order valence-corrected chi connectivity index (χ1v) is 9.51. The molecule has 148 valence electrons. The van der Waals surface area contributed by atoms with Crippen LogP contribution in [0.5, 0.6) is 0 Å². The van der Waals surface area contributed by atoms with Crippen LogP contribution in [0.4, 0.5) is 11.4 Å². The van der Waals surface area contributed by atoms with Crippen molar-refractivity contribution in [3.8, 4) is 6.07 Å². The largest absolute Gasteiger partial charge is 0.321 e. The second-order valence-corrected chi connectivity index (χ2v) is 7.12. The maximum atomic E-state index is 12.4. The number of carbonyl (C=O) groups excluding carboxylic acids is 1. The van der Waals surface area contributed by atoms with Crippen molar-refractivity contribution in [1.82, 2.24) is 9.97 Å². The van der Waals surface area contributed by atoms with Gasteiger partial charge in [0.05, 0.1) is 9.82 Å². The molecule has 1 N–H and O–H groups in total. The zero-order valence-corrected chi connectivity index (χ0v) is 16.6. The molecule has 1 amide bonds. The normalized spacial score (nSPS) is 10.9. The Morgan fingerprint density at radius 3 is 2.53 bits per heavy atom. The van der Waals surface area contributed by atoms with Gasteiger partial charge in [0.2, 0.25) is 0 Å². The number of nitrogens with zero attached hydrogens (tertiary/aromatic N) is 4. The highest BCUT2D eigenvalue weighted by atomic mass is 32.2. The van der Waals surface area contributed by atoms with Crippen LogP contribution in [-0.4, -0.2) is 20.8 Å². The van der Waals surface area contributed by atoms with Crippen molar-refractivity contribution < 1.29 is 9.72 Å². The molecule has 0 fully saturated rings. The van der Waals surface area contributed by atoms with Gasteiger partial charge in [-0.15, -0.1) is 0 Å². The van der Waals surface area contributed by atoms with Crippen LogP contribution < -0.4 is 5.32 Å². The van der Waals surface area contributed by atoms with Gasteiger partial charge in [-0.25, -0.2) is 9.97 Å². The first-order valence-electron chi connectivity index (χ1n) is 8.69. The minimum atomic E-state index is -0.597. The number of carbonyl (C=O) groups is 1. The number of rotatable bonds is 6. The van der Waals surface area contributed by atoms with Crippen molar-refractivity contribution in [3.63, 3.8) is 0 Å². The summed E-state index contributed by atoms with van der Waals surface area (Å²) >= 11 is 1.06. The van der Waals surface area contributed by atoms with Crippen LogP contribution in [0.1, 0.15) is 11.1 Å². The van der Waals surface area contributed by atoms with E-state index >= 15 is 0 Å². The summed E-state index contributed by atoms with van der Waals surface area (Å²) in [5, 5.41) is 23.9. The third kappa shape index (κ3) is 5.27. The van der Waals surface area contributed by atoms with E-state index in [1.165, 1.54) is 18.2 Å². The predicted octanol–water partition coefficient (Wildman–Crippen LogP) is 4.39. The lowest BCUT2D eigenvalue weighted by Crippen LogP contribution is -2.13. The van der Waals surface area contributed by atoms with E-state index in [4.69, 9.17) is 0 Å². The van der Waals surface area contributed by atoms with E-state index < -0.39 is 10.8 Å². The highest BCUT2D eigenvalue weighted by Crippen LogP contribution is 2.33. The maximum absolute atomic E-state index is 12.4. The Balaban J connectivity index is 1.86. The second kappa shape index (κ2) is 9.45. The number of nitriles is 1. The molecule has 0 saturated heterocycles. The van der Waals surface area contributed by atoms with Crippen molar-refractivity contribution in [2.24, 2.45) is 0 Å². The Hall–Kier alpha value is -4.03. The van der Waals surface area contributed by atoms with Gasteiger partial charge >= 0.3 is 0 Å². The summed E-state index contributed by atoms with van der Waals surface area (Å²) < 4.78 is 0. The average Bonchev–Trinajstić information content (AvgIpc) is 2.75. The van der Waals surface area contributed by atoms with Crippen LogP contribution in [0.15, 0.2) is 76.5 Å². The number of hydrogen-bond acceptors (Lipinski definition) is 7. The Bertz CT molecular complexity index is 1160. The number of nitrogens with one attached hydrogen (secondary N) is 1. The average molecular weight is 417 g/mol. The number of aromatic nitrogens is 2. The molecule has 3 aromatic rings. The Morgan fingerprint density at radius 2 is 1.90 bits per heavy atom. The molecule has 1 heterocycles. The first kappa shape index (κ1) is 20.7. The van der Waals surface area contributed by atoms with Gasteiger partial charge in [-0.1, -0.05) is 23.8 Å². The number of aryl methyl sites for hydroxylation is 1. The number of benzene rings is 2. The van der Waals surface area contributed by atoms with Crippen molar-refractivity contribution >= 4 is 35.1 Å². The summed E-state index contributed by atoms with van der Waals surface area (Å²) in [6.07, 6.45) is 4.40. The first-order chi connectivity index (χ1) is 14.5. The van der Waals surface area contributed by atoms with Gasteiger partial charge in [0.1, 0.15) is 11.6 Å². The highest BCUT2D eigenvalue weighted by molar-refractivity contribution is 7.99. The third-order valence-electron chi connectivity index (χ3n) is 3.91. The molecule has 1 aromatic heterocycles. The molecule has 30 heavy (non-hydrogen) atoms. The minimum Gasteiger partial charge on any atom is -0.321 e. The molecular weight excluding hydrogens is 402 g/mol. The molecule has 0 aliphatic rings. The van der Waals surface area contributed by atoms with Crippen LogP contribution >= 0.6 is 11.8 Å². The lowest BCUT2D eigenvalue weighted by atomic mass is 10.1. The molecule has 0 radical (unpaired) electrons. The number of anilines is 1. The smallest absolute Gasteiger partial charge is 0.283 e. The lowest BCUT2D eigenvalue weighted by Gasteiger charge is -2.06. The van der Waals surface area contributed by atoms with E-state index in [0.29, 0.717) is 21.3 Å². The molecule has 0 saturated carbocycles. The molecule has 9 heteroatoms. The lowest BCUT2D eigenvalue weighted by molar-refractivity contribution is -0.387. The van der Waals surface area contributed by atoms with Gasteiger partial charge in [-0.05, 0) is 54.6 Å². The van der Waals surface area contributed by atoms with E-state index in [9.17, 15) is 20.2 Å². The van der Waals surface area contributed by atoms with Gasteiger partial charge in [-0.3, -0.25) is 14.9 Å². The monoisotopic (exact) mass is 417 g/mol. The van der Waals surface area contributed by atoms with E-state index in [-0.39, 0.29) is 11.3 Å². The fraction of sp³-hybridized carbons (Fsp3) is 0.0476. The summed E-state index contributed by atoms with van der Waals surface area (Å²) in [6.45, 7) is 1.92. The van der Waals surface area contributed by atoms with Gasteiger partial charge in [0.25, 0.3) is 11.6 Å². The number of hydrogen-bond donors (Lipinski definition) is 1. The molecular formula is C21H15N5O3S. The predicted molar refractivity (Wildman–Crippen MR) is 113 cm³/mol. The van der Waals surface area contributed by atoms with Gasteiger partial charge < -0.3 is 5.32 Å². The second-order valence-electron chi connectivity index (χ2n) is 6.11. The fourth-order valence-corrected chi connectivity index (χ4v) is 3.24. The van der Waals surface area contributed by atoms with Gasteiger partial charge in [0, 0.05) is 24.1 Å². The standard InChI is InChI=1S/C21H15N5O3S/c1-14-3-6-17(7-4-14)25-20(27)16(13-22)11-15-5-8-19(18(12-15)26(28)29)30-21-23-9-2-10-24-21/h2-12H,1H3,(H,25,27)/b16-11+. The van der Waals surface area contributed by atoms with Crippen molar-refractivity contribution in [1.29, 1.82) is 5.26 Å². The molecule has 0 spiro atoms. The summed E-state index contributed by atoms with van der Waals surface area (Å²) in [5.41, 5.74) is 1.60. The number of nitro benzene ring substituents is 1. The molecule has 8 nitrogen and oxygen atoms in total. The number of amides is 1. The molecule has 3 rings (SSSR count). The van der Waals surface area contributed by atoms with E-state index in [0.717, 1.165) is 17.3 Å². The molecule has 0 aliphatic carbocycles. The highest BCUT2D eigenvalue weighted by Gasteiger charge is 2.17.